The first-order valence-corrected chi connectivity index (χ1v) is 17.6. The molecule has 0 heterocycles. The van der Waals surface area contributed by atoms with E-state index in [9.17, 15) is 0 Å². The standard InChI is InChI=1S/C44H78/c1-31(2)27-37(8,9)39(12,13)29-41(16,17)43(20,21)34-24-33(36(5,6)7)25-35(26-34)44(22,23)42(18,19)30-40(14,15)38(10,11)28-32(3)4/h24-28H,29-30H2,1-23H3. The molecule has 0 spiro atoms. The van der Waals surface area contributed by atoms with E-state index in [2.05, 4.69) is 190 Å². The zero-order valence-electron chi connectivity index (χ0n) is 34.3. The number of hydrogen-bond acceptors (Lipinski definition) is 0. The van der Waals surface area contributed by atoms with Gasteiger partial charge in [-0.3, -0.25) is 0 Å². The normalized spacial score (nSPS) is 14.9. The second kappa shape index (κ2) is 12.4. The molecule has 0 aliphatic heterocycles. The Morgan fingerprint density at radius 1 is 0.409 bits per heavy atom. The molecule has 0 unspecified atom stereocenters. The van der Waals surface area contributed by atoms with E-state index in [1.807, 2.05) is 0 Å². The highest BCUT2D eigenvalue weighted by Crippen LogP contribution is 2.57. The molecule has 0 N–H and O–H groups in total. The summed E-state index contributed by atoms with van der Waals surface area (Å²) in [5, 5.41) is 0. The molecule has 0 nitrogen and oxygen atoms in total. The van der Waals surface area contributed by atoms with Crippen LogP contribution in [-0.2, 0) is 16.2 Å². The molecule has 0 atom stereocenters. The van der Waals surface area contributed by atoms with Gasteiger partial charge in [0.05, 0.1) is 0 Å². The predicted octanol–water partition coefficient (Wildman–Crippen LogP) is 14.4. The average molecular weight is 607 g/mol. The molecule has 0 saturated carbocycles. The molecule has 1 aromatic carbocycles. The van der Waals surface area contributed by atoms with Crippen LogP contribution in [0.2, 0.25) is 0 Å². The molecule has 1 rings (SSSR count). The van der Waals surface area contributed by atoms with Gasteiger partial charge in [0.1, 0.15) is 0 Å². The van der Waals surface area contributed by atoms with Crippen molar-refractivity contribution >= 4 is 0 Å². The van der Waals surface area contributed by atoms with E-state index in [1.165, 1.54) is 27.8 Å². The molecule has 0 aliphatic carbocycles. The average Bonchev–Trinajstić information content (AvgIpc) is 2.74. The highest BCUT2D eigenvalue weighted by atomic mass is 14.5. The fourth-order valence-electron chi connectivity index (χ4n) is 7.51. The second-order valence-electron chi connectivity index (χ2n) is 21.1. The third-order valence-electron chi connectivity index (χ3n) is 13.2. The fraction of sp³-hybridized carbons (Fsp3) is 0.773. The minimum absolute atomic E-state index is 0.0216. The van der Waals surface area contributed by atoms with Gasteiger partial charge in [0, 0.05) is 0 Å². The Labute approximate surface area is 278 Å². The maximum atomic E-state index is 2.60. The van der Waals surface area contributed by atoms with Crippen molar-refractivity contribution in [3.8, 4) is 0 Å². The van der Waals surface area contributed by atoms with Gasteiger partial charge in [0.25, 0.3) is 0 Å². The van der Waals surface area contributed by atoms with Crippen molar-refractivity contribution in [1.29, 1.82) is 0 Å². The molecule has 0 aromatic heterocycles. The molecule has 1 aromatic rings. The van der Waals surface area contributed by atoms with Crippen molar-refractivity contribution in [2.75, 3.05) is 0 Å². The lowest BCUT2D eigenvalue weighted by atomic mass is 9.52. The summed E-state index contributed by atoms with van der Waals surface area (Å²) in [6.07, 6.45) is 7.25. The fourth-order valence-corrected chi connectivity index (χ4v) is 7.51. The summed E-state index contributed by atoms with van der Waals surface area (Å²) >= 11 is 0. The Morgan fingerprint density at radius 3 is 0.886 bits per heavy atom. The van der Waals surface area contributed by atoms with Crippen LogP contribution in [0.4, 0.5) is 0 Å². The van der Waals surface area contributed by atoms with Crippen molar-refractivity contribution in [1.82, 2.24) is 0 Å². The minimum atomic E-state index is -0.0216. The molecule has 0 bridgehead atoms. The van der Waals surface area contributed by atoms with E-state index >= 15 is 0 Å². The summed E-state index contributed by atoms with van der Waals surface area (Å²) in [4.78, 5) is 0. The van der Waals surface area contributed by atoms with Crippen LogP contribution in [0.25, 0.3) is 0 Å². The van der Waals surface area contributed by atoms with Crippen LogP contribution in [0.15, 0.2) is 41.5 Å². The zero-order valence-corrected chi connectivity index (χ0v) is 34.3. The Kier molecular flexibility index (Phi) is 11.5. The van der Waals surface area contributed by atoms with Crippen LogP contribution in [0.5, 0.6) is 0 Å². The van der Waals surface area contributed by atoms with E-state index in [0.717, 1.165) is 12.8 Å². The van der Waals surface area contributed by atoms with Crippen LogP contribution >= 0.6 is 0 Å². The third kappa shape index (κ3) is 8.53. The van der Waals surface area contributed by atoms with Crippen LogP contribution in [0.1, 0.15) is 189 Å². The van der Waals surface area contributed by atoms with Gasteiger partial charge >= 0.3 is 0 Å². The van der Waals surface area contributed by atoms with Gasteiger partial charge in [-0.2, -0.15) is 0 Å². The Balaban J connectivity index is 3.85. The third-order valence-corrected chi connectivity index (χ3v) is 13.2. The molecule has 0 fully saturated rings. The van der Waals surface area contributed by atoms with Gasteiger partial charge in [-0.25, -0.2) is 0 Å². The summed E-state index contributed by atoms with van der Waals surface area (Å²) < 4.78 is 0. The topological polar surface area (TPSA) is 0 Å². The van der Waals surface area contributed by atoms with E-state index < -0.39 is 0 Å². The maximum absolute atomic E-state index is 2.60. The summed E-state index contributed by atoms with van der Waals surface area (Å²) in [5.74, 6) is 0. The van der Waals surface area contributed by atoms with E-state index in [1.54, 1.807) is 0 Å². The van der Waals surface area contributed by atoms with Gasteiger partial charge in [0.2, 0.25) is 0 Å². The minimum Gasteiger partial charge on any atom is -0.0799 e. The van der Waals surface area contributed by atoms with Gasteiger partial charge in [-0.15, -0.1) is 0 Å². The molecule has 0 radical (unpaired) electrons. The number of hydrogen-bond donors (Lipinski definition) is 0. The largest absolute Gasteiger partial charge is 0.0799 e. The SMILES string of the molecule is CC(C)=CC(C)(C)C(C)(C)CC(C)(C)C(C)(C)c1cc(C(C)(C)C)cc(C(C)(C)C(C)(C)CC(C)(C)C(C)(C)C=C(C)C)c1. The van der Waals surface area contributed by atoms with Crippen LogP contribution in [-0.4, -0.2) is 0 Å². The Hall–Kier alpha value is -1.30. The van der Waals surface area contributed by atoms with E-state index in [4.69, 9.17) is 0 Å². The van der Waals surface area contributed by atoms with E-state index in [-0.39, 0.29) is 48.7 Å². The monoisotopic (exact) mass is 607 g/mol. The second-order valence-corrected chi connectivity index (χ2v) is 21.1. The molecule has 0 amide bonds. The summed E-state index contributed by atoms with van der Waals surface area (Å²) in [6, 6.07) is 7.69. The van der Waals surface area contributed by atoms with Crippen LogP contribution < -0.4 is 0 Å². The Bertz CT molecular complexity index is 1110. The quantitative estimate of drug-likeness (QED) is 0.208. The van der Waals surface area contributed by atoms with Crippen molar-refractivity contribution in [3.63, 3.8) is 0 Å². The van der Waals surface area contributed by atoms with Gasteiger partial charge in [0.15, 0.2) is 0 Å². The Morgan fingerprint density at radius 2 is 0.659 bits per heavy atom. The van der Waals surface area contributed by atoms with Gasteiger partial charge in [-0.05, 0) is 106 Å². The molecule has 254 valence electrons. The molecule has 0 aliphatic rings. The first-order chi connectivity index (χ1) is 19.1. The molecule has 0 saturated heterocycles. The zero-order chi connectivity index (χ0) is 35.3. The lowest BCUT2D eigenvalue weighted by Gasteiger charge is -2.52. The van der Waals surface area contributed by atoms with Crippen molar-refractivity contribution < 1.29 is 0 Å². The first kappa shape index (κ1) is 40.7. The first-order valence-electron chi connectivity index (χ1n) is 17.6. The van der Waals surface area contributed by atoms with Crippen LogP contribution in [0, 0.1) is 32.5 Å². The summed E-state index contributed by atoms with van der Waals surface area (Å²) in [6.45, 7) is 55.8. The molecular weight excluding hydrogens is 528 g/mol. The van der Waals surface area contributed by atoms with Gasteiger partial charge in [-0.1, -0.05) is 173 Å². The summed E-state index contributed by atoms with van der Waals surface area (Å²) in [7, 11) is 0. The molecule has 0 heteroatoms. The predicted molar refractivity (Wildman–Crippen MR) is 202 cm³/mol. The lowest BCUT2D eigenvalue weighted by molar-refractivity contribution is 0.0461. The van der Waals surface area contributed by atoms with E-state index in [0.29, 0.717) is 0 Å². The maximum Gasteiger partial charge on any atom is -0.00520 e. The van der Waals surface area contributed by atoms with Crippen molar-refractivity contribution in [2.24, 2.45) is 32.5 Å². The van der Waals surface area contributed by atoms with Crippen molar-refractivity contribution in [3.05, 3.63) is 58.2 Å². The number of benzene rings is 1. The number of rotatable bonds is 12. The van der Waals surface area contributed by atoms with Crippen molar-refractivity contribution in [2.45, 2.75) is 188 Å². The highest BCUT2D eigenvalue weighted by molar-refractivity contribution is 5.42. The molecule has 44 heavy (non-hydrogen) atoms. The molecular formula is C44H78. The lowest BCUT2D eigenvalue weighted by Crippen LogP contribution is -2.45. The van der Waals surface area contributed by atoms with Gasteiger partial charge < -0.3 is 0 Å². The highest BCUT2D eigenvalue weighted by Gasteiger charge is 2.49. The summed E-state index contributed by atoms with van der Waals surface area (Å²) in [5.41, 5.74) is 7.89. The number of allylic oxidation sites excluding steroid dienone is 4. The smallest absolute Gasteiger partial charge is 0.00520 e. The van der Waals surface area contributed by atoms with Crippen LogP contribution in [0.3, 0.4) is 0 Å².